The summed E-state index contributed by atoms with van der Waals surface area (Å²) in [7, 11) is 0. The average Bonchev–Trinajstić information content (AvgIpc) is 2.81. The van der Waals surface area contributed by atoms with E-state index in [1.165, 1.54) is 44.9 Å². The van der Waals surface area contributed by atoms with Gasteiger partial charge in [-0.2, -0.15) is 0 Å². The van der Waals surface area contributed by atoms with Crippen molar-refractivity contribution < 1.29 is 23.7 Å². The van der Waals surface area contributed by atoms with E-state index < -0.39 is 0 Å². The van der Waals surface area contributed by atoms with Crippen molar-refractivity contribution in [3.05, 3.63) is 0 Å². The largest absolute Gasteiger partial charge is 0.379 e. The second-order valence-electron chi connectivity index (χ2n) is 7.92. The van der Waals surface area contributed by atoms with E-state index in [0.29, 0.717) is 51.7 Å². The van der Waals surface area contributed by atoms with Crippen molar-refractivity contribution in [2.45, 2.75) is 110 Å². The molecule has 0 bridgehead atoms. The summed E-state index contributed by atoms with van der Waals surface area (Å²) in [6.45, 7) is 12.9. The van der Waals surface area contributed by atoms with Crippen LogP contribution in [0.1, 0.15) is 91.9 Å². The second-order valence-corrected chi connectivity index (χ2v) is 7.92. The van der Waals surface area contributed by atoms with Gasteiger partial charge in [-0.15, -0.1) is 0 Å². The molecule has 2 saturated carbocycles. The summed E-state index contributed by atoms with van der Waals surface area (Å²) in [6.07, 6.45) is 13.0. The lowest BCUT2D eigenvalue weighted by Gasteiger charge is -2.32. The van der Waals surface area contributed by atoms with Crippen LogP contribution in [0.3, 0.4) is 0 Å². The standard InChI is InChI=1S/C21H38O5.2C2H6/c1-2-8-19-18(6-1)7-5-11-22-12-16-25-20-9-3-4-10-21(20)26-17-14-23-13-15-24-19;2*1-2/h18-21H,1-17H2;2*1-2H3. The van der Waals surface area contributed by atoms with E-state index in [9.17, 15) is 0 Å². The number of rotatable bonds is 0. The molecule has 0 aromatic rings. The molecule has 0 radical (unpaired) electrons. The van der Waals surface area contributed by atoms with E-state index >= 15 is 0 Å². The summed E-state index contributed by atoms with van der Waals surface area (Å²) in [5, 5.41) is 0. The van der Waals surface area contributed by atoms with Crippen LogP contribution in [-0.2, 0) is 23.7 Å². The van der Waals surface area contributed by atoms with Crippen LogP contribution in [0, 0.1) is 5.92 Å². The minimum absolute atomic E-state index is 0.213. The molecular formula is C25H50O5. The zero-order valence-corrected chi connectivity index (χ0v) is 20.4. The van der Waals surface area contributed by atoms with Gasteiger partial charge in [0.2, 0.25) is 0 Å². The fourth-order valence-corrected chi connectivity index (χ4v) is 4.59. The van der Waals surface area contributed by atoms with E-state index in [1.54, 1.807) is 0 Å². The van der Waals surface area contributed by atoms with E-state index in [4.69, 9.17) is 23.7 Å². The molecule has 2 aliphatic carbocycles. The molecule has 180 valence electrons. The van der Waals surface area contributed by atoms with Crippen molar-refractivity contribution in [1.29, 1.82) is 0 Å². The van der Waals surface area contributed by atoms with Gasteiger partial charge >= 0.3 is 0 Å². The predicted octanol–water partition coefficient (Wildman–Crippen LogP) is 5.79. The lowest BCUT2D eigenvalue weighted by Crippen LogP contribution is -2.36. The van der Waals surface area contributed by atoms with E-state index in [-0.39, 0.29) is 12.2 Å². The van der Waals surface area contributed by atoms with Crippen LogP contribution in [0.25, 0.3) is 0 Å². The first-order chi connectivity index (χ1) is 14.9. The summed E-state index contributed by atoms with van der Waals surface area (Å²) < 4.78 is 29.8. The van der Waals surface area contributed by atoms with Crippen LogP contribution in [0.5, 0.6) is 0 Å². The number of fused-ring (bicyclic) bond motifs is 2. The fraction of sp³-hybridized carbons (Fsp3) is 1.00. The molecule has 3 fully saturated rings. The molecule has 5 heteroatoms. The van der Waals surface area contributed by atoms with E-state index in [0.717, 1.165) is 25.9 Å². The van der Waals surface area contributed by atoms with Crippen LogP contribution < -0.4 is 0 Å². The molecule has 4 atom stereocenters. The van der Waals surface area contributed by atoms with Crippen molar-refractivity contribution in [3.8, 4) is 0 Å². The normalized spacial score (nSPS) is 32.4. The second kappa shape index (κ2) is 19.5. The monoisotopic (exact) mass is 430 g/mol. The molecule has 3 rings (SSSR count). The minimum atomic E-state index is 0.213. The third kappa shape index (κ3) is 11.4. The molecule has 4 unspecified atom stereocenters. The Morgan fingerprint density at radius 3 is 1.37 bits per heavy atom. The number of hydrogen-bond donors (Lipinski definition) is 0. The molecule has 0 N–H and O–H groups in total. The van der Waals surface area contributed by atoms with E-state index in [2.05, 4.69) is 0 Å². The number of hydrogen-bond acceptors (Lipinski definition) is 5. The molecule has 0 amide bonds. The minimum Gasteiger partial charge on any atom is -0.379 e. The molecule has 0 aromatic heterocycles. The highest BCUT2D eigenvalue weighted by Crippen LogP contribution is 2.30. The van der Waals surface area contributed by atoms with Crippen molar-refractivity contribution in [1.82, 2.24) is 0 Å². The Bertz CT molecular complexity index is 299. The third-order valence-electron chi connectivity index (χ3n) is 6.02. The van der Waals surface area contributed by atoms with E-state index in [1.807, 2.05) is 27.7 Å². The van der Waals surface area contributed by atoms with Gasteiger partial charge in [0.1, 0.15) is 0 Å². The lowest BCUT2D eigenvalue weighted by molar-refractivity contribution is -0.113. The van der Waals surface area contributed by atoms with Gasteiger partial charge in [0.05, 0.1) is 58.0 Å². The fourth-order valence-electron chi connectivity index (χ4n) is 4.59. The molecule has 30 heavy (non-hydrogen) atoms. The number of ether oxygens (including phenoxy) is 5. The highest BCUT2D eigenvalue weighted by atomic mass is 16.6. The molecule has 1 saturated heterocycles. The highest BCUT2D eigenvalue weighted by molar-refractivity contribution is 4.77. The SMILES string of the molecule is C1CCC2OCCOCCOC3CCCCC3OCCOCCCC2C1.CC.CC. The molecule has 0 aromatic carbocycles. The Hall–Kier alpha value is -0.200. The van der Waals surface area contributed by atoms with Crippen LogP contribution in [0.2, 0.25) is 0 Å². The van der Waals surface area contributed by atoms with Crippen LogP contribution in [0.4, 0.5) is 0 Å². The summed E-state index contributed by atoms with van der Waals surface area (Å²) in [6, 6.07) is 0. The van der Waals surface area contributed by atoms with Gasteiger partial charge in [0.25, 0.3) is 0 Å². The third-order valence-corrected chi connectivity index (χ3v) is 6.02. The quantitative estimate of drug-likeness (QED) is 0.487. The first-order valence-corrected chi connectivity index (χ1v) is 12.9. The first-order valence-electron chi connectivity index (χ1n) is 12.9. The summed E-state index contributed by atoms with van der Waals surface area (Å²) in [5.41, 5.74) is 0. The maximum absolute atomic E-state index is 6.15. The van der Waals surface area contributed by atoms with Gasteiger partial charge in [-0.1, -0.05) is 53.4 Å². The van der Waals surface area contributed by atoms with Crippen molar-refractivity contribution >= 4 is 0 Å². The molecule has 3 aliphatic rings. The Labute approximate surface area is 186 Å². The summed E-state index contributed by atoms with van der Waals surface area (Å²) >= 11 is 0. The van der Waals surface area contributed by atoms with Crippen LogP contribution in [-0.4, -0.2) is 64.6 Å². The average molecular weight is 431 g/mol. The van der Waals surface area contributed by atoms with Gasteiger partial charge in [-0.05, 0) is 44.4 Å². The van der Waals surface area contributed by atoms with Crippen molar-refractivity contribution in [2.75, 3.05) is 46.2 Å². The van der Waals surface area contributed by atoms with Gasteiger partial charge in [-0.25, -0.2) is 0 Å². The lowest BCUT2D eigenvalue weighted by atomic mass is 9.83. The van der Waals surface area contributed by atoms with Crippen LogP contribution in [0.15, 0.2) is 0 Å². The molecule has 1 aliphatic heterocycles. The maximum atomic E-state index is 6.15. The van der Waals surface area contributed by atoms with Gasteiger partial charge in [-0.3, -0.25) is 0 Å². The Morgan fingerprint density at radius 1 is 0.400 bits per heavy atom. The van der Waals surface area contributed by atoms with Crippen LogP contribution >= 0.6 is 0 Å². The Kier molecular flexibility index (Phi) is 18.1. The Balaban J connectivity index is 0.00000106. The molecule has 0 spiro atoms. The topological polar surface area (TPSA) is 46.2 Å². The first kappa shape index (κ1) is 27.8. The van der Waals surface area contributed by atoms with Gasteiger partial charge < -0.3 is 23.7 Å². The van der Waals surface area contributed by atoms with Gasteiger partial charge in [0.15, 0.2) is 0 Å². The maximum Gasteiger partial charge on any atom is 0.0837 e. The predicted molar refractivity (Wildman–Crippen MR) is 123 cm³/mol. The van der Waals surface area contributed by atoms with Crippen molar-refractivity contribution in [2.24, 2.45) is 5.92 Å². The molecular weight excluding hydrogens is 380 g/mol. The smallest absolute Gasteiger partial charge is 0.0837 e. The zero-order valence-electron chi connectivity index (χ0n) is 20.4. The summed E-state index contributed by atoms with van der Waals surface area (Å²) in [5.74, 6) is 0.689. The zero-order chi connectivity index (χ0) is 21.9. The molecule has 1 heterocycles. The molecule has 5 nitrogen and oxygen atoms in total. The van der Waals surface area contributed by atoms with Gasteiger partial charge in [0, 0.05) is 6.61 Å². The summed E-state index contributed by atoms with van der Waals surface area (Å²) in [4.78, 5) is 0. The van der Waals surface area contributed by atoms with Crippen molar-refractivity contribution in [3.63, 3.8) is 0 Å². The Morgan fingerprint density at radius 2 is 0.800 bits per heavy atom. The highest BCUT2D eigenvalue weighted by Gasteiger charge is 2.27.